The molecule has 0 aliphatic carbocycles. The average molecular weight is 489 g/mol. The van der Waals surface area contributed by atoms with Crippen molar-refractivity contribution in [1.82, 2.24) is 4.90 Å². The zero-order valence-electron chi connectivity index (χ0n) is 13.5. The van der Waals surface area contributed by atoms with Crippen molar-refractivity contribution < 1.29 is 9.53 Å². The Bertz CT molecular complexity index is 913. The first-order chi connectivity index (χ1) is 12.4. The first kappa shape index (κ1) is 19.7. The monoisotopic (exact) mass is 487 g/mol. The van der Waals surface area contributed by atoms with Crippen LogP contribution in [0, 0.1) is 0 Å². The zero-order chi connectivity index (χ0) is 18.8. The second-order valence-electron chi connectivity index (χ2n) is 5.41. The van der Waals surface area contributed by atoms with Gasteiger partial charge in [0.2, 0.25) is 0 Å². The molecular formula is C18H12BrCl2NO2S2. The Morgan fingerprint density at radius 1 is 1.27 bits per heavy atom. The van der Waals surface area contributed by atoms with E-state index in [-0.39, 0.29) is 12.5 Å². The van der Waals surface area contributed by atoms with Gasteiger partial charge in [-0.15, -0.1) is 0 Å². The lowest BCUT2D eigenvalue weighted by atomic mass is 10.1. The fourth-order valence-electron chi connectivity index (χ4n) is 2.27. The van der Waals surface area contributed by atoms with Gasteiger partial charge in [0, 0.05) is 32.7 Å². The smallest absolute Gasteiger partial charge is 0.265 e. The van der Waals surface area contributed by atoms with E-state index in [9.17, 15) is 4.79 Å². The largest absolute Gasteiger partial charge is 0.488 e. The van der Waals surface area contributed by atoms with Crippen LogP contribution in [-0.4, -0.2) is 22.2 Å². The lowest BCUT2D eigenvalue weighted by Crippen LogP contribution is -2.22. The van der Waals surface area contributed by atoms with Gasteiger partial charge >= 0.3 is 0 Å². The highest BCUT2D eigenvalue weighted by atomic mass is 79.9. The molecule has 3 rings (SSSR count). The number of carbonyl (C=O) groups excluding carboxylic acids is 1. The van der Waals surface area contributed by atoms with Crippen molar-refractivity contribution in [2.75, 3.05) is 7.05 Å². The van der Waals surface area contributed by atoms with Gasteiger partial charge in [-0.05, 0) is 36.4 Å². The van der Waals surface area contributed by atoms with Crippen LogP contribution in [0.5, 0.6) is 5.75 Å². The molecule has 1 heterocycles. The minimum atomic E-state index is -0.125. The van der Waals surface area contributed by atoms with E-state index in [4.69, 9.17) is 40.2 Å². The maximum Gasteiger partial charge on any atom is 0.265 e. The van der Waals surface area contributed by atoms with Crippen LogP contribution in [0.2, 0.25) is 10.0 Å². The maximum atomic E-state index is 12.2. The summed E-state index contributed by atoms with van der Waals surface area (Å²) in [5.41, 5.74) is 1.47. The Balaban J connectivity index is 1.90. The number of likely N-dealkylation sites (N-methyl/N-ethyl adjacent to an activating group) is 1. The number of amides is 1. The topological polar surface area (TPSA) is 29.5 Å². The van der Waals surface area contributed by atoms with E-state index < -0.39 is 0 Å². The van der Waals surface area contributed by atoms with Crippen LogP contribution < -0.4 is 4.74 Å². The summed E-state index contributed by atoms with van der Waals surface area (Å²) in [4.78, 5) is 14.3. The summed E-state index contributed by atoms with van der Waals surface area (Å²) in [6.45, 7) is 0.218. The molecular weight excluding hydrogens is 477 g/mol. The van der Waals surface area contributed by atoms with Crippen molar-refractivity contribution in [2.24, 2.45) is 0 Å². The number of carbonyl (C=O) groups is 1. The van der Waals surface area contributed by atoms with E-state index in [0.717, 1.165) is 10.0 Å². The minimum Gasteiger partial charge on any atom is -0.488 e. The number of ether oxygens (including phenoxy) is 1. The van der Waals surface area contributed by atoms with Crippen LogP contribution in [0.4, 0.5) is 0 Å². The number of thiocarbonyl (C=S) groups is 1. The van der Waals surface area contributed by atoms with Gasteiger partial charge in [0.15, 0.2) is 0 Å². The SMILES string of the molecule is CN1C(=O)C(=Cc2cc(Br)ccc2OCc2c(Cl)cccc2Cl)SC1=S. The van der Waals surface area contributed by atoms with E-state index in [1.54, 1.807) is 31.3 Å². The van der Waals surface area contributed by atoms with Crippen LogP contribution in [0.3, 0.4) is 0 Å². The second-order valence-corrected chi connectivity index (χ2v) is 8.82. The molecule has 0 N–H and O–H groups in total. The Kier molecular flexibility index (Phi) is 6.30. The number of halogens is 3. The number of thioether (sulfide) groups is 1. The number of benzene rings is 2. The van der Waals surface area contributed by atoms with Gasteiger partial charge in [-0.1, -0.05) is 69.2 Å². The van der Waals surface area contributed by atoms with E-state index in [1.807, 2.05) is 18.2 Å². The third-order valence-electron chi connectivity index (χ3n) is 3.68. The summed E-state index contributed by atoms with van der Waals surface area (Å²) in [6.07, 6.45) is 1.77. The molecule has 0 spiro atoms. The molecule has 134 valence electrons. The van der Waals surface area contributed by atoms with Crippen molar-refractivity contribution in [1.29, 1.82) is 0 Å². The first-order valence-corrected chi connectivity index (χ1v) is 10.2. The number of hydrogen-bond donors (Lipinski definition) is 0. The minimum absolute atomic E-state index is 0.125. The standard InChI is InChI=1S/C18H12BrCl2NO2S2/c1-22-17(23)16(26-18(22)25)8-10-7-11(19)5-6-15(10)24-9-12-13(20)3-2-4-14(12)21/h2-8H,9H2,1H3. The predicted molar refractivity (Wildman–Crippen MR) is 116 cm³/mol. The molecule has 0 unspecified atom stereocenters. The van der Waals surface area contributed by atoms with Crippen molar-refractivity contribution in [3.8, 4) is 5.75 Å². The average Bonchev–Trinajstić information content (AvgIpc) is 2.83. The van der Waals surface area contributed by atoms with Crippen LogP contribution in [0.15, 0.2) is 45.8 Å². The quantitative estimate of drug-likeness (QED) is 0.380. The van der Waals surface area contributed by atoms with Crippen molar-refractivity contribution in [3.05, 3.63) is 66.9 Å². The molecule has 3 nitrogen and oxygen atoms in total. The molecule has 8 heteroatoms. The molecule has 0 bridgehead atoms. The summed E-state index contributed by atoms with van der Waals surface area (Å²) < 4.78 is 7.34. The summed E-state index contributed by atoms with van der Waals surface area (Å²) in [5.74, 6) is 0.491. The van der Waals surface area contributed by atoms with Crippen molar-refractivity contribution in [3.63, 3.8) is 0 Å². The van der Waals surface area contributed by atoms with Crippen molar-refractivity contribution in [2.45, 2.75) is 6.61 Å². The van der Waals surface area contributed by atoms with Gasteiger partial charge in [-0.25, -0.2) is 0 Å². The zero-order valence-corrected chi connectivity index (χ0v) is 18.2. The molecule has 2 aromatic carbocycles. The van der Waals surface area contributed by atoms with E-state index in [0.29, 0.717) is 30.6 Å². The highest BCUT2D eigenvalue weighted by Gasteiger charge is 2.29. The summed E-state index contributed by atoms with van der Waals surface area (Å²) in [5, 5.41) is 1.09. The number of hydrogen-bond acceptors (Lipinski definition) is 4. The molecule has 1 fully saturated rings. The van der Waals surface area contributed by atoms with Crippen molar-refractivity contribution >= 4 is 79.4 Å². The van der Waals surface area contributed by atoms with Gasteiger partial charge in [-0.3, -0.25) is 9.69 Å². The normalized spacial score (nSPS) is 15.8. The molecule has 1 amide bonds. The molecule has 0 aromatic heterocycles. The van der Waals surface area contributed by atoms with E-state index in [2.05, 4.69) is 15.9 Å². The van der Waals surface area contributed by atoms with Crippen LogP contribution in [-0.2, 0) is 11.4 Å². The summed E-state index contributed by atoms with van der Waals surface area (Å²) in [7, 11) is 1.66. The fourth-order valence-corrected chi connectivity index (χ4v) is 4.33. The fraction of sp³-hybridized carbons (Fsp3) is 0.111. The lowest BCUT2D eigenvalue weighted by molar-refractivity contribution is -0.121. The maximum absolute atomic E-state index is 12.2. The number of rotatable bonds is 4. The highest BCUT2D eigenvalue weighted by Crippen LogP contribution is 2.35. The molecule has 2 aromatic rings. The predicted octanol–water partition coefficient (Wildman–Crippen LogP) is 6.17. The third-order valence-corrected chi connectivity index (χ3v) is 6.36. The van der Waals surface area contributed by atoms with Crippen LogP contribution >= 0.6 is 63.1 Å². The van der Waals surface area contributed by atoms with Gasteiger partial charge in [-0.2, -0.15) is 0 Å². The Morgan fingerprint density at radius 3 is 2.58 bits per heavy atom. The molecule has 1 saturated heterocycles. The van der Waals surface area contributed by atoms with Crippen LogP contribution in [0.1, 0.15) is 11.1 Å². The molecule has 0 saturated carbocycles. The molecule has 26 heavy (non-hydrogen) atoms. The molecule has 0 atom stereocenters. The second kappa shape index (κ2) is 8.31. The number of nitrogens with zero attached hydrogens (tertiary/aromatic N) is 1. The Morgan fingerprint density at radius 2 is 1.96 bits per heavy atom. The Labute approximate surface area is 179 Å². The van der Waals surface area contributed by atoms with E-state index in [1.165, 1.54) is 16.7 Å². The molecule has 1 aliphatic heterocycles. The van der Waals surface area contributed by atoms with Gasteiger partial charge < -0.3 is 4.74 Å². The summed E-state index contributed by atoms with van der Waals surface area (Å²) in [6, 6.07) is 10.9. The lowest BCUT2D eigenvalue weighted by Gasteiger charge is -2.12. The van der Waals surface area contributed by atoms with Crippen LogP contribution in [0.25, 0.3) is 6.08 Å². The third kappa shape index (κ3) is 4.26. The van der Waals surface area contributed by atoms with E-state index >= 15 is 0 Å². The van der Waals surface area contributed by atoms with Gasteiger partial charge in [0.25, 0.3) is 5.91 Å². The van der Waals surface area contributed by atoms with Gasteiger partial charge in [0.05, 0.1) is 4.91 Å². The molecule has 1 aliphatic rings. The molecule has 0 radical (unpaired) electrons. The Hall–Kier alpha value is -1.05. The summed E-state index contributed by atoms with van der Waals surface area (Å²) >= 11 is 22.3. The van der Waals surface area contributed by atoms with Gasteiger partial charge in [0.1, 0.15) is 16.7 Å². The highest BCUT2D eigenvalue weighted by molar-refractivity contribution is 9.10. The first-order valence-electron chi connectivity index (χ1n) is 7.43.